The third kappa shape index (κ3) is 8.94. The molecule has 0 unspecified atom stereocenters. The minimum Gasteiger partial charge on any atom is -0.469 e. The van der Waals surface area contributed by atoms with Crippen LogP contribution in [0.15, 0.2) is 0 Å². The molecule has 0 rings (SSSR count). The summed E-state index contributed by atoms with van der Waals surface area (Å²) in [5.74, 6) is 5.91. The quantitative estimate of drug-likeness (QED) is 0.369. The second-order valence-corrected chi connectivity index (χ2v) is 2.74. The van der Waals surface area contributed by atoms with E-state index in [-0.39, 0.29) is 5.97 Å². The first kappa shape index (κ1) is 12.0. The number of methoxy groups -OCH3 is 1. The van der Waals surface area contributed by atoms with Gasteiger partial charge in [0.2, 0.25) is 0 Å². The summed E-state index contributed by atoms with van der Waals surface area (Å²) in [4.78, 5) is 10.7. The molecule has 2 nitrogen and oxygen atoms in total. The first-order valence-corrected chi connectivity index (χ1v) is 4.63. The van der Waals surface area contributed by atoms with Crippen molar-refractivity contribution >= 4 is 5.97 Å². The molecule has 73 valence electrons. The van der Waals surface area contributed by atoms with Crippen molar-refractivity contribution in [1.29, 1.82) is 0 Å². The van der Waals surface area contributed by atoms with E-state index in [0.29, 0.717) is 6.42 Å². The fraction of sp³-hybridized carbons (Fsp3) is 0.636. The van der Waals surface area contributed by atoms with Crippen molar-refractivity contribution in [2.45, 2.75) is 38.5 Å². The third-order valence-electron chi connectivity index (χ3n) is 1.59. The highest BCUT2D eigenvalue weighted by Crippen LogP contribution is 1.99. The Hall–Kier alpha value is -0.970. The van der Waals surface area contributed by atoms with Crippen LogP contribution in [-0.2, 0) is 9.53 Å². The van der Waals surface area contributed by atoms with E-state index in [1.54, 1.807) is 0 Å². The van der Waals surface area contributed by atoms with Gasteiger partial charge in [-0.25, -0.2) is 0 Å². The van der Waals surface area contributed by atoms with Gasteiger partial charge in [0, 0.05) is 19.3 Å². The Morgan fingerprint density at radius 2 is 2.00 bits per heavy atom. The van der Waals surface area contributed by atoms with E-state index in [1.165, 1.54) is 7.11 Å². The normalized spacial score (nSPS) is 8.77. The molecule has 0 spiro atoms. The molecule has 0 aliphatic carbocycles. The van der Waals surface area contributed by atoms with Crippen molar-refractivity contribution in [1.82, 2.24) is 0 Å². The van der Waals surface area contributed by atoms with Crippen molar-refractivity contribution in [3.05, 3.63) is 6.92 Å². The molecule has 1 radical (unpaired) electrons. The van der Waals surface area contributed by atoms with Crippen LogP contribution in [-0.4, -0.2) is 13.1 Å². The van der Waals surface area contributed by atoms with Crippen LogP contribution < -0.4 is 0 Å². The Bertz CT molecular complexity index is 186. The van der Waals surface area contributed by atoms with E-state index in [1.807, 2.05) is 0 Å². The van der Waals surface area contributed by atoms with Gasteiger partial charge in [0.25, 0.3) is 0 Å². The van der Waals surface area contributed by atoms with E-state index in [2.05, 4.69) is 23.5 Å². The van der Waals surface area contributed by atoms with Crippen molar-refractivity contribution in [3.63, 3.8) is 0 Å². The Balaban J connectivity index is 3.18. The standard InChI is InChI=1S/C11H17O2/c1-3-4-5-6-7-8-9-10-11(12)13-2/h1,3-4,7-10H2,2H3. The summed E-state index contributed by atoms with van der Waals surface area (Å²) < 4.78 is 4.51. The summed E-state index contributed by atoms with van der Waals surface area (Å²) in [5.41, 5.74) is 0. The molecule has 0 aromatic heterocycles. The Labute approximate surface area is 80.7 Å². The summed E-state index contributed by atoms with van der Waals surface area (Å²) in [7, 11) is 1.41. The second kappa shape index (κ2) is 9.12. The maximum absolute atomic E-state index is 10.7. The van der Waals surface area contributed by atoms with Gasteiger partial charge in [-0.1, -0.05) is 6.92 Å². The van der Waals surface area contributed by atoms with Gasteiger partial charge >= 0.3 is 5.97 Å². The lowest BCUT2D eigenvalue weighted by molar-refractivity contribution is -0.140. The summed E-state index contributed by atoms with van der Waals surface area (Å²) in [6.07, 6.45) is 4.96. The SMILES string of the molecule is [CH2]CCC#CCCCCC(=O)OC. The highest BCUT2D eigenvalue weighted by Gasteiger charge is 1.97. The van der Waals surface area contributed by atoms with Crippen LogP contribution >= 0.6 is 0 Å². The molecule has 0 amide bonds. The molecule has 0 fully saturated rings. The van der Waals surface area contributed by atoms with Crippen LogP contribution in [0.1, 0.15) is 38.5 Å². The lowest BCUT2D eigenvalue weighted by atomic mass is 10.2. The molecule has 0 aliphatic rings. The molecule has 0 saturated heterocycles. The van der Waals surface area contributed by atoms with Crippen molar-refractivity contribution in [2.24, 2.45) is 0 Å². The average Bonchev–Trinajstić information content (AvgIpc) is 2.16. The second-order valence-electron chi connectivity index (χ2n) is 2.74. The number of hydrogen-bond donors (Lipinski definition) is 0. The summed E-state index contributed by atoms with van der Waals surface area (Å²) in [6.45, 7) is 3.69. The Morgan fingerprint density at radius 1 is 1.31 bits per heavy atom. The summed E-state index contributed by atoms with van der Waals surface area (Å²) >= 11 is 0. The topological polar surface area (TPSA) is 26.3 Å². The lowest BCUT2D eigenvalue weighted by Gasteiger charge is -1.95. The predicted molar refractivity (Wildman–Crippen MR) is 52.9 cm³/mol. The van der Waals surface area contributed by atoms with Crippen LogP contribution in [0.4, 0.5) is 0 Å². The van der Waals surface area contributed by atoms with Gasteiger partial charge in [-0.2, -0.15) is 0 Å². The van der Waals surface area contributed by atoms with Gasteiger partial charge in [-0.15, -0.1) is 11.8 Å². The number of unbranched alkanes of at least 4 members (excludes halogenated alkanes) is 3. The Kier molecular flexibility index (Phi) is 8.44. The number of rotatable bonds is 5. The van der Waals surface area contributed by atoms with Gasteiger partial charge in [0.15, 0.2) is 0 Å². The zero-order valence-corrected chi connectivity index (χ0v) is 8.27. The van der Waals surface area contributed by atoms with Crippen LogP contribution in [0, 0.1) is 18.8 Å². The molecule has 0 N–H and O–H groups in total. The maximum atomic E-state index is 10.7. The molecule has 0 aromatic rings. The lowest BCUT2D eigenvalue weighted by Crippen LogP contribution is -1.98. The Morgan fingerprint density at radius 3 is 2.62 bits per heavy atom. The fourth-order valence-electron chi connectivity index (χ4n) is 0.850. The van der Waals surface area contributed by atoms with E-state index in [4.69, 9.17) is 0 Å². The molecule has 2 heteroatoms. The van der Waals surface area contributed by atoms with Gasteiger partial charge in [0.05, 0.1) is 7.11 Å². The van der Waals surface area contributed by atoms with E-state index in [9.17, 15) is 4.79 Å². The smallest absolute Gasteiger partial charge is 0.305 e. The first-order valence-electron chi connectivity index (χ1n) is 4.63. The molecule has 0 heterocycles. The van der Waals surface area contributed by atoms with Crippen molar-refractivity contribution < 1.29 is 9.53 Å². The molecule has 13 heavy (non-hydrogen) atoms. The van der Waals surface area contributed by atoms with E-state index < -0.39 is 0 Å². The van der Waals surface area contributed by atoms with E-state index >= 15 is 0 Å². The third-order valence-corrected chi connectivity index (χ3v) is 1.59. The molecular formula is C11H17O2. The number of esters is 1. The van der Waals surface area contributed by atoms with Crippen LogP contribution in [0.5, 0.6) is 0 Å². The number of hydrogen-bond acceptors (Lipinski definition) is 2. The minimum absolute atomic E-state index is 0.134. The zero-order chi connectivity index (χ0) is 9.94. The highest BCUT2D eigenvalue weighted by molar-refractivity contribution is 5.68. The molecule has 0 atom stereocenters. The number of carbonyl (C=O) groups is 1. The largest absolute Gasteiger partial charge is 0.469 e. The maximum Gasteiger partial charge on any atom is 0.305 e. The van der Waals surface area contributed by atoms with Gasteiger partial charge in [-0.05, 0) is 19.3 Å². The zero-order valence-electron chi connectivity index (χ0n) is 8.27. The number of ether oxygens (including phenoxy) is 1. The summed E-state index contributed by atoms with van der Waals surface area (Å²) in [5, 5.41) is 0. The predicted octanol–water partition coefficient (Wildman–Crippen LogP) is 2.34. The van der Waals surface area contributed by atoms with E-state index in [0.717, 1.165) is 32.1 Å². The molecular weight excluding hydrogens is 164 g/mol. The van der Waals surface area contributed by atoms with Crippen LogP contribution in [0.25, 0.3) is 0 Å². The average molecular weight is 181 g/mol. The molecule has 0 bridgehead atoms. The minimum atomic E-state index is -0.134. The van der Waals surface area contributed by atoms with Gasteiger partial charge < -0.3 is 4.74 Å². The molecule has 0 aromatic carbocycles. The number of carbonyl (C=O) groups excluding carboxylic acids is 1. The fourth-order valence-corrected chi connectivity index (χ4v) is 0.850. The summed E-state index contributed by atoms with van der Waals surface area (Å²) in [6, 6.07) is 0. The molecule has 0 aliphatic heterocycles. The van der Waals surface area contributed by atoms with Crippen molar-refractivity contribution in [3.8, 4) is 11.8 Å². The van der Waals surface area contributed by atoms with Gasteiger partial charge in [0.1, 0.15) is 0 Å². The molecule has 0 saturated carbocycles. The van der Waals surface area contributed by atoms with Crippen molar-refractivity contribution in [2.75, 3.05) is 7.11 Å². The highest BCUT2D eigenvalue weighted by atomic mass is 16.5. The van der Waals surface area contributed by atoms with Crippen LogP contribution in [0.3, 0.4) is 0 Å². The van der Waals surface area contributed by atoms with Crippen LogP contribution in [0.2, 0.25) is 0 Å². The van der Waals surface area contributed by atoms with Gasteiger partial charge in [-0.3, -0.25) is 4.79 Å². The monoisotopic (exact) mass is 181 g/mol. The first-order chi connectivity index (χ1) is 6.31.